The van der Waals surface area contributed by atoms with Crippen LogP contribution in [-0.4, -0.2) is 22.7 Å². The Kier molecular flexibility index (Phi) is 3.96. The highest BCUT2D eigenvalue weighted by atomic mass is 32.1. The molecule has 1 aliphatic rings. The molecule has 3 amide bonds. The molecule has 7 heteroatoms. The summed E-state index contributed by atoms with van der Waals surface area (Å²) in [7, 11) is 0. The van der Waals surface area contributed by atoms with E-state index in [0.29, 0.717) is 16.3 Å². The summed E-state index contributed by atoms with van der Waals surface area (Å²) < 4.78 is 0.955. The Bertz CT molecular complexity index is 1240. The van der Waals surface area contributed by atoms with Crippen molar-refractivity contribution in [2.75, 3.05) is 10.2 Å². The number of aromatic nitrogens is 1. The van der Waals surface area contributed by atoms with Gasteiger partial charge in [0.15, 0.2) is 5.13 Å². The third-order valence-corrected chi connectivity index (χ3v) is 5.65. The molecular weight excluding hydrogens is 386 g/mol. The zero-order chi connectivity index (χ0) is 20.0. The summed E-state index contributed by atoms with van der Waals surface area (Å²) in [6.07, 6.45) is 0. The van der Waals surface area contributed by atoms with Crippen LogP contribution in [0.1, 0.15) is 31.1 Å². The molecule has 0 saturated heterocycles. The van der Waals surface area contributed by atoms with Gasteiger partial charge in [-0.1, -0.05) is 47.7 Å². The van der Waals surface area contributed by atoms with Crippen molar-refractivity contribution in [1.29, 1.82) is 0 Å². The molecule has 2 heterocycles. The molecule has 0 spiro atoms. The predicted octanol–water partition coefficient (Wildman–Crippen LogP) is 4.35. The average Bonchev–Trinajstić information content (AvgIpc) is 3.26. The lowest BCUT2D eigenvalue weighted by Crippen LogP contribution is -2.31. The van der Waals surface area contributed by atoms with E-state index in [1.807, 2.05) is 24.3 Å². The fraction of sp³-hybridized carbons (Fsp3) is 0. The summed E-state index contributed by atoms with van der Waals surface area (Å²) in [5.74, 6) is -1.31. The van der Waals surface area contributed by atoms with Gasteiger partial charge in [0.1, 0.15) is 0 Å². The van der Waals surface area contributed by atoms with Crippen molar-refractivity contribution in [3.05, 3.63) is 89.5 Å². The lowest BCUT2D eigenvalue weighted by Gasteiger charge is -2.17. The highest BCUT2D eigenvalue weighted by Gasteiger charge is 2.38. The number of para-hydroxylation sites is 2. The Labute approximate surface area is 169 Å². The van der Waals surface area contributed by atoms with E-state index in [4.69, 9.17) is 0 Å². The topological polar surface area (TPSA) is 79.4 Å². The van der Waals surface area contributed by atoms with E-state index in [-0.39, 0.29) is 11.3 Å². The minimum atomic E-state index is -0.439. The van der Waals surface area contributed by atoms with E-state index >= 15 is 0 Å². The number of carbonyl (C=O) groups is 3. The quantitative estimate of drug-likeness (QED) is 0.520. The maximum atomic E-state index is 13.0. The average molecular weight is 399 g/mol. The van der Waals surface area contributed by atoms with Gasteiger partial charge < -0.3 is 0 Å². The molecular formula is C22H13N3O3S. The van der Waals surface area contributed by atoms with E-state index in [2.05, 4.69) is 10.3 Å². The van der Waals surface area contributed by atoms with Gasteiger partial charge in [-0.15, -0.1) is 0 Å². The van der Waals surface area contributed by atoms with Gasteiger partial charge in [-0.25, -0.2) is 9.88 Å². The highest BCUT2D eigenvalue weighted by molar-refractivity contribution is 7.22. The zero-order valence-corrected chi connectivity index (χ0v) is 15.8. The standard InChI is InChI=1S/C22H13N3O3S/c26-19(24-22-23-16-10-4-6-12-18(16)29-22)15-9-3-5-11-17(15)25-20(27)13-7-1-2-8-14(13)21(25)28/h1-12H,(H,23,24,26). The van der Waals surface area contributed by atoms with Crippen molar-refractivity contribution >= 4 is 50.1 Å². The largest absolute Gasteiger partial charge is 0.298 e. The molecule has 0 radical (unpaired) electrons. The van der Waals surface area contributed by atoms with Crippen LogP contribution >= 0.6 is 11.3 Å². The molecule has 0 aliphatic carbocycles. The summed E-state index contributed by atoms with van der Waals surface area (Å²) in [6, 6.07) is 20.8. The summed E-state index contributed by atoms with van der Waals surface area (Å²) in [5.41, 5.74) is 1.93. The van der Waals surface area contributed by atoms with Gasteiger partial charge in [-0.05, 0) is 36.4 Å². The summed E-state index contributed by atoms with van der Waals surface area (Å²) in [6.45, 7) is 0. The second kappa shape index (κ2) is 6.65. The molecule has 5 rings (SSSR count). The smallest absolute Gasteiger partial charge is 0.266 e. The number of rotatable bonds is 3. The van der Waals surface area contributed by atoms with Gasteiger partial charge in [0.25, 0.3) is 17.7 Å². The molecule has 0 unspecified atom stereocenters. The van der Waals surface area contributed by atoms with E-state index in [9.17, 15) is 14.4 Å². The SMILES string of the molecule is O=C(Nc1nc2ccccc2s1)c1ccccc1N1C(=O)c2ccccc2C1=O. The molecule has 6 nitrogen and oxygen atoms in total. The predicted molar refractivity (Wildman–Crippen MR) is 112 cm³/mol. The number of fused-ring (bicyclic) bond motifs is 2. The number of benzene rings is 3. The molecule has 0 saturated carbocycles. The fourth-order valence-electron chi connectivity index (χ4n) is 3.36. The third kappa shape index (κ3) is 2.79. The number of carbonyl (C=O) groups excluding carboxylic acids is 3. The Hall–Kier alpha value is -3.84. The first-order valence-corrected chi connectivity index (χ1v) is 9.69. The van der Waals surface area contributed by atoms with Gasteiger partial charge in [0.2, 0.25) is 0 Å². The summed E-state index contributed by atoms with van der Waals surface area (Å²) >= 11 is 1.36. The molecule has 140 valence electrons. The number of amides is 3. The lowest BCUT2D eigenvalue weighted by molar-refractivity contribution is 0.0926. The highest BCUT2D eigenvalue weighted by Crippen LogP contribution is 2.32. The molecule has 0 bridgehead atoms. The zero-order valence-electron chi connectivity index (χ0n) is 15.0. The van der Waals surface area contributed by atoms with Crippen molar-refractivity contribution in [2.45, 2.75) is 0 Å². The van der Waals surface area contributed by atoms with E-state index in [1.54, 1.807) is 48.5 Å². The molecule has 1 aromatic heterocycles. The second-order valence-electron chi connectivity index (χ2n) is 6.45. The molecule has 29 heavy (non-hydrogen) atoms. The van der Waals surface area contributed by atoms with Crippen LogP contribution in [-0.2, 0) is 0 Å². The Morgan fingerprint density at radius 2 is 1.45 bits per heavy atom. The number of anilines is 2. The molecule has 1 aliphatic heterocycles. The van der Waals surface area contributed by atoms with Gasteiger partial charge in [0, 0.05) is 0 Å². The first-order chi connectivity index (χ1) is 14.1. The molecule has 4 aromatic rings. The maximum absolute atomic E-state index is 13.0. The molecule has 3 aromatic carbocycles. The van der Waals surface area contributed by atoms with E-state index < -0.39 is 17.7 Å². The van der Waals surface area contributed by atoms with Crippen molar-refractivity contribution in [1.82, 2.24) is 4.98 Å². The molecule has 0 fully saturated rings. The number of hydrogen-bond acceptors (Lipinski definition) is 5. The van der Waals surface area contributed by atoms with Gasteiger partial charge >= 0.3 is 0 Å². The van der Waals surface area contributed by atoms with E-state index in [0.717, 1.165) is 15.1 Å². The van der Waals surface area contributed by atoms with Crippen LogP contribution in [0.3, 0.4) is 0 Å². The number of hydrogen-bond donors (Lipinski definition) is 1. The van der Waals surface area contributed by atoms with Gasteiger partial charge in [0.05, 0.1) is 32.6 Å². The molecule has 1 N–H and O–H groups in total. The first-order valence-electron chi connectivity index (χ1n) is 8.87. The number of nitrogens with zero attached hydrogens (tertiary/aromatic N) is 2. The van der Waals surface area contributed by atoms with E-state index in [1.165, 1.54) is 11.3 Å². The monoisotopic (exact) mass is 399 g/mol. The van der Waals surface area contributed by atoms with Crippen LogP contribution in [0.15, 0.2) is 72.8 Å². The normalized spacial score (nSPS) is 13.0. The van der Waals surface area contributed by atoms with Gasteiger partial charge in [-0.3, -0.25) is 19.7 Å². The summed E-state index contributed by atoms with van der Waals surface area (Å²) in [4.78, 5) is 44.1. The van der Waals surface area contributed by atoms with Crippen LogP contribution in [0.4, 0.5) is 10.8 Å². The van der Waals surface area contributed by atoms with Crippen LogP contribution in [0.25, 0.3) is 10.2 Å². The molecule has 0 atom stereocenters. The number of thiazole rings is 1. The minimum Gasteiger partial charge on any atom is -0.298 e. The number of nitrogens with one attached hydrogen (secondary N) is 1. The van der Waals surface area contributed by atoms with Crippen LogP contribution in [0.2, 0.25) is 0 Å². The Balaban J connectivity index is 1.51. The van der Waals surface area contributed by atoms with Crippen molar-refractivity contribution in [2.24, 2.45) is 0 Å². The maximum Gasteiger partial charge on any atom is 0.266 e. The number of imide groups is 1. The van der Waals surface area contributed by atoms with Crippen LogP contribution in [0.5, 0.6) is 0 Å². The van der Waals surface area contributed by atoms with Crippen molar-refractivity contribution in [3.8, 4) is 0 Å². The fourth-order valence-corrected chi connectivity index (χ4v) is 4.22. The van der Waals surface area contributed by atoms with Crippen LogP contribution in [0, 0.1) is 0 Å². The lowest BCUT2D eigenvalue weighted by atomic mass is 10.1. The first kappa shape index (κ1) is 17.3. The minimum absolute atomic E-state index is 0.223. The second-order valence-corrected chi connectivity index (χ2v) is 7.48. The van der Waals surface area contributed by atoms with Crippen LogP contribution < -0.4 is 10.2 Å². The van der Waals surface area contributed by atoms with Crippen molar-refractivity contribution < 1.29 is 14.4 Å². The summed E-state index contributed by atoms with van der Waals surface area (Å²) in [5, 5.41) is 3.23. The van der Waals surface area contributed by atoms with Crippen molar-refractivity contribution in [3.63, 3.8) is 0 Å². The van der Waals surface area contributed by atoms with Gasteiger partial charge in [-0.2, -0.15) is 0 Å². The Morgan fingerprint density at radius 1 is 0.828 bits per heavy atom. The third-order valence-electron chi connectivity index (χ3n) is 4.70. The Morgan fingerprint density at radius 3 is 2.17 bits per heavy atom.